The minimum absolute atomic E-state index is 0.146. The first-order chi connectivity index (χ1) is 21.6. The Morgan fingerprint density at radius 3 is 1.38 bits per heavy atom. The largest absolute Gasteiger partial charge is 0.467 e. The Morgan fingerprint density at radius 1 is 0.574 bits per heavy atom. The van der Waals surface area contributed by atoms with Gasteiger partial charge in [-0.1, -0.05) is 0 Å². The lowest BCUT2D eigenvalue weighted by Crippen LogP contribution is -2.56. The minimum atomic E-state index is -1.09. The highest BCUT2D eigenvalue weighted by Crippen LogP contribution is 2.09. The highest BCUT2D eigenvalue weighted by molar-refractivity contribution is 5.94. The van der Waals surface area contributed by atoms with Gasteiger partial charge in [0.15, 0.2) is 0 Å². The number of hydrogen-bond donors (Lipinski definition) is 6. The molecule has 0 aromatic rings. The summed E-state index contributed by atoms with van der Waals surface area (Å²) >= 11 is 0. The first-order valence-electron chi connectivity index (χ1n) is 15.8. The van der Waals surface area contributed by atoms with E-state index in [-0.39, 0.29) is 19.4 Å². The van der Waals surface area contributed by atoms with E-state index in [0.29, 0.717) is 32.2 Å². The maximum atomic E-state index is 13.3. The molecule has 0 fully saturated rings. The van der Waals surface area contributed by atoms with E-state index in [1.165, 1.54) is 27.9 Å². The van der Waals surface area contributed by atoms with Crippen molar-refractivity contribution < 1.29 is 47.8 Å². The molecular formula is C31H56N6O10. The molecule has 0 saturated heterocycles. The van der Waals surface area contributed by atoms with Crippen molar-refractivity contribution in [2.45, 2.75) is 136 Å². The number of ether oxygens (including phenoxy) is 3. The third-order valence-electron chi connectivity index (χ3n) is 6.17. The quantitative estimate of drug-likeness (QED) is 0.0701. The Kier molecular flexibility index (Phi) is 19.1. The molecule has 16 heteroatoms. The first kappa shape index (κ1) is 42.9. The van der Waals surface area contributed by atoms with Crippen LogP contribution in [0.25, 0.3) is 0 Å². The number of nitrogens with one attached hydrogen (secondary N) is 6. The van der Waals surface area contributed by atoms with Crippen LogP contribution in [-0.2, 0) is 38.2 Å². The van der Waals surface area contributed by atoms with E-state index < -0.39 is 77.2 Å². The van der Waals surface area contributed by atoms with Crippen molar-refractivity contribution in [1.82, 2.24) is 31.9 Å². The molecule has 16 nitrogen and oxygen atoms in total. The maximum Gasteiger partial charge on any atom is 0.407 e. The van der Waals surface area contributed by atoms with E-state index in [9.17, 15) is 33.6 Å². The van der Waals surface area contributed by atoms with Crippen LogP contribution in [0.1, 0.15) is 101 Å². The fourth-order valence-corrected chi connectivity index (χ4v) is 3.97. The van der Waals surface area contributed by atoms with Crippen molar-refractivity contribution in [3.63, 3.8) is 0 Å². The molecule has 0 aromatic carbocycles. The summed E-state index contributed by atoms with van der Waals surface area (Å²) in [7, 11) is 1.18. The zero-order valence-electron chi connectivity index (χ0n) is 29.5. The Balaban J connectivity index is 5.43. The minimum Gasteiger partial charge on any atom is -0.467 e. The lowest BCUT2D eigenvalue weighted by molar-refractivity contribution is -0.144. The van der Waals surface area contributed by atoms with Crippen LogP contribution in [0, 0.1) is 0 Å². The maximum absolute atomic E-state index is 13.3. The van der Waals surface area contributed by atoms with Gasteiger partial charge in [-0.05, 0) is 93.9 Å². The van der Waals surface area contributed by atoms with Gasteiger partial charge < -0.3 is 46.1 Å². The molecule has 0 bridgehead atoms. The molecule has 0 unspecified atom stereocenters. The topological polar surface area (TPSA) is 219 Å². The van der Waals surface area contributed by atoms with Crippen molar-refractivity contribution in [3.05, 3.63) is 0 Å². The summed E-state index contributed by atoms with van der Waals surface area (Å²) in [5.74, 6) is -3.01. The molecule has 0 heterocycles. The van der Waals surface area contributed by atoms with Crippen LogP contribution in [0.4, 0.5) is 9.59 Å². The number of unbranched alkanes of at least 4 members (excludes halogenated alkanes) is 2. The van der Waals surface area contributed by atoms with Gasteiger partial charge in [0.25, 0.3) is 0 Å². The normalized spacial score (nSPS) is 13.8. The molecule has 0 rings (SSSR count). The van der Waals surface area contributed by atoms with Crippen molar-refractivity contribution in [1.29, 1.82) is 0 Å². The van der Waals surface area contributed by atoms with Gasteiger partial charge in [0.2, 0.25) is 23.6 Å². The van der Waals surface area contributed by atoms with Crippen LogP contribution in [0.5, 0.6) is 0 Å². The Bertz CT molecular complexity index is 1070. The van der Waals surface area contributed by atoms with Crippen molar-refractivity contribution in [2.24, 2.45) is 0 Å². The van der Waals surface area contributed by atoms with Crippen LogP contribution in [0.15, 0.2) is 0 Å². The van der Waals surface area contributed by atoms with Gasteiger partial charge in [0.05, 0.1) is 7.11 Å². The molecule has 0 saturated carbocycles. The second kappa shape index (κ2) is 20.9. The zero-order chi connectivity index (χ0) is 36.4. The lowest BCUT2D eigenvalue weighted by Gasteiger charge is -2.25. The van der Waals surface area contributed by atoms with Crippen LogP contribution >= 0.6 is 0 Å². The van der Waals surface area contributed by atoms with Gasteiger partial charge in [-0.2, -0.15) is 0 Å². The number of rotatable bonds is 18. The number of carbonyl (C=O) groups excluding carboxylic acids is 7. The van der Waals surface area contributed by atoms with Crippen LogP contribution < -0.4 is 31.9 Å². The van der Waals surface area contributed by atoms with Gasteiger partial charge in [-0.25, -0.2) is 14.4 Å². The van der Waals surface area contributed by atoms with Crippen molar-refractivity contribution in [3.8, 4) is 0 Å². The SMILES string of the molecule is COC(=O)[C@H](C)NC(=O)[C@H](C)NC(=O)[C@H](CCCCNC(=O)OC(C)(C)C)NC(=O)[C@H](CCCCNC(=O)OC(C)(C)C)NC(C)=O. The Hall–Kier alpha value is -4.11. The summed E-state index contributed by atoms with van der Waals surface area (Å²) in [6.45, 7) is 15.1. The Morgan fingerprint density at radius 2 is 0.979 bits per heavy atom. The first-order valence-corrected chi connectivity index (χ1v) is 15.8. The average molecular weight is 673 g/mol. The smallest absolute Gasteiger partial charge is 0.407 e. The second-order valence-electron chi connectivity index (χ2n) is 13.1. The molecule has 4 atom stereocenters. The van der Waals surface area contributed by atoms with Crippen LogP contribution in [-0.4, -0.2) is 97.4 Å². The third kappa shape index (κ3) is 21.3. The number of esters is 1. The fourth-order valence-electron chi connectivity index (χ4n) is 3.97. The van der Waals surface area contributed by atoms with E-state index in [1.54, 1.807) is 41.5 Å². The van der Waals surface area contributed by atoms with Gasteiger partial charge >= 0.3 is 18.2 Å². The van der Waals surface area contributed by atoms with E-state index in [1.807, 2.05) is 0 Å². The number of alkyl carbamates (subject to hydrolysis) is 2. The van der Waals surface area contributed by atoms with E-state index in [4.69, 9.17) is 9.47 Å². The monoisotopic (exact) mass is 672 g/mol. The standard InChI is InChI=1S/C31H56N6O10/c1-19(24(39)35-20(2)27(42)45-10)34-25(40)23(16-12-14-18-33-29(44)47-31(7,8)9)37-26(41)22(36-21(3)38)15-11-13-17-32-28(43)46-30(4,5)6/h19-20,22-23H,11-18H2,1-10H3,(H,32,43)(H,33,44)(H,34,40)(H,35,39)(H,36,38)(H,37,41)/t19-,20-,22-,23-/m0/s1. The highest BCUT2D eigenvalue weighted by atomic mass is 16.6. The summed E-state index contributed by atoms with van der Waals surface area (Å²) in [4.78, 5) is 86.5. The molecule has 0 aliphatic rings. The number of carbonyl (C=O) groups is 7. The van der Waals surface area contributed by atoms with Gasteiger partial charge in [-0.3, -0.25) is 19.2 Å². The van der Waals surface area contributed by atoms with E-state index in [2.05, 4.69) is 36.6 Å². The molecule has 0 spiro atoms. The third-order valence-corrected chi connectivity index (χ3v) is 6.17. The van der Waals surface area contributed by atoms with E-state index in [0.717, 1.165) is 0 Å². The molecule has 47 heavy (non-hydrogen) atoms. The number of hydrogen-bond acceptors (Lipinski definition) is 10. The highest BCUT2D eigenvalue weighted by Gasteiger charge is 2.29. The molecule has 0 aliphatic carbocycles. The van der Waals surface area contributed by atoms with E-state index >= 15 is 0 Å². The predicted octanol–water partition coefficient (Wildman–Crippen LogP) is 1.55. The summed E-state index contributed by atoms with van der Waals surface area (Å²) in [5, 5.41) is 15.5. The summed E-state index contributed by atoms with van der Waals surface area (Å²) in [6.07, 6.45) is 1.02. The summed E-state index contributed by atoms with van der Waals surface area (Å²) in [5.41, 5.74) is -1.30. The molecule has 6 amide bonds. The summed E-state index contributed by atoms with van der Waals surface area (Å²) in [6, 6.07) is -4.08. The number of methoxy groups -OCH3 is 1. The second-order valence-corrected chi connectivity index (χ2v) is 13.1. The molecular weight excluding hydrogens is 616 g/mol. The van der Waals surface area contributed by atoms with Crippen molar-refractivity contribution >= 4 is 41.8 Å². The van der Waals surface area contributed by atoms with Gasteiger partial charge in [0.1, 0.15) is 35.4 Å². The van der Waals surface area contributed by atoms with Gasteiger partial charge in [0, 0.05) is 20.0 Å². The molecule has 0 radical (unpaired) electrons. The van der Waals surface area contributed by atoms with Gasteiger partial charge in [-0.15, -0.1) is 0 Å². The molecule has 0 aliphatic heterocycles. The molecule has 0 aromatic heterocycles. The van der Waals surface area contributed by atoms with Crippen molar-refractivity contribution in [2.75, 3.05) is 20.2 Å². The fraction of sp³-hybridized carbons (Fsp3) is 0.774. The van der Waals surface area contributed by atoms with Crippen LogP contribution in [0.3, 0.4) is 0 Å². The molecule has 6 N–H and O–H groups in total. The molecule has 270 valence electrons. The zero-order valence-corrected chi connectivity index (χ0v) is 29.5. The average Bonchev–Trinajstić information content (AvgIpc) is 2.92. The number of amides is 6. The van der Waals surface area contributed by atoms with Crippen LogP contribution in [0.2, 0.25) is 0 Å². The lowest BCUT2D eigenvalue weighted by atomic mass is 10.0. The Labute approximate surface area is 277 Å². The predicted molar refractivity (Wildman–Crippen MR) is 173 cm³/mol. The summed E-state index contributed by atoms with van der Waals surface area (Å²) < 4.78 is 15.0.